The summed E-state index contributed by atoms with van der Waals surface area (Å²) in [6.07, 6.45) is 2.98. The molecule has 2 fully saturated rings. The molecule has 4 nitrogen and oxygen atoms in total. The smallest absolute Gasteiger partial charge is 0.332 e. The van der Waals surface area contributed by atoms with Crippen LogP contribution in [0.1, 0.15) is 47.0 Å². The molecule has 0 amide bonds. The summed E-state index contributed by atoms with van der Waals surface area (Å²) >= 11 is 0. The highest BCUT2D eigenvalue weighted by Crippen LogP contribution is 2.70. The molecule has 108 valence electrons. The fourth-order valence-corrected chi connectivity index (χ4v) is 3.90. The van der Waals surface area contributed by atoms with E-state index in [9.17, 15) is 9.90 Å². The van der Waals surface area contributed by atoms with E-state index in [4.69, 9.17) is 9.47 Å². The Morgan fingerprint density at radius 2 is 2.11 bits per heavy atom. The summed E-state index contributed by atoms with van der Waals surface area (Å²) in [6.45, 7) is 11.4. The summed E-state index contributed by atoms with van der Waals surface area (Å²) in [7, 11) is 0. The zero-order chi connectivity index (χ0) is 14.5. The van der Waals surface area contributed by atoms with E-state index in [1.807, 2.05) is 0 Å². The van der Waals surface area contributed by atoms with Gasteiger partial charge in [-0.25, -0.2) is 4.79 Å². The summed E-state index contributed by atoms with van der Waals surface area (Å²) in [5.41, 5.74) is -0.274. The molecular weight excluding hydrogens is 244 g/mol. The third kappa shape index (κ3) is 1.93. The van der Waals surface area contributed by atoms with E-state index >= 15 is 0 Å². The van der Waals surface area contributed by atoms with Gasteiger partial charge < -0.3 is 14.6 Å². The molecule has 1 N–H and O–H groups in total. The Hall–Kier alpha value is -0.870. The molecule has 0 heterocycles. The van der Waals surface area contributed by atoms with Crippen molar-refractivity contribution >= 4 is 5.97 Å². The predicted octanol–water partition coefficient (Wildman–Crippen LogP) is 2.61. The number of fused-ring (bicyclic) bond motifs is 2. The molecule has 1 unspecified atom stereocenters. The van der Waals surface area contributed by atoms with Crippen molar-refractivity contribution in [2.45, 2.75) is 59.0 Å². The standard InChI is InChI=1S/C15H24O4/c1-6-12(16)18-10(2)19-15(17)9-11-7-8-14(15,5)13(11,3)4/h6,10-11,17H,1,7-9H2,2-5H3/t10?,11-,14-,15-/m1/s1. The predicted molar refractivity (Wildman–Crippen MR) is 71.0 cm³/mol. The van der Waals surface area contributed by atoms with Gasteiger partial charge in [0.05, 0.1) is 0 Å². The zero-order valence-electron chi connectivity index (χ0n) is 12.2. The van der Waals surface area contributed by atoms with Crippen LogP contribution in [-0.4, -0.2) is 23.2 Å². The molecule has 0 aromatic carbocycles. The van der Waals surface area contributed by atoms with Crippen LogP contribution in [0, 0.1) is 16.7 Å². The Bertz CT molecular complexity index is 403. The third-order valence-electron chi connectivity index (χ3n) is 5.63. The van der Waals surface area contributed by atoms with E-state index in [-0.39, 0.29) is 10.8 Å². The molecule has 4 atom stereocenters. The van der Waals surface area contributed by atoms with Gasteiger partial charge in [0.15, 0.2) is 5.79 Å². The van der Waals surface area contributed by atoms with E-state index in [1.165, 1.54) is 0 Å². The fraction of sp³-hybridized carbons (Fsp3) is 0.800. The van der Waals surface area contributed by atoms with E-state index in [0.717, 1.165) is 18.9 Å². The lowest BCUT2D eigenvalue weighted by atomic mass is 9.68. The van der Waals surface area contributed by atoms with Crippen molar-refractivity contribution in [3.05, 3.63) is 12.7 Å². The maximum absolute atomic E-state index is 11.2. The zero-order valence-corrected chi connectivity index (χ0v) is 12.2. The molecule has 2 aliphatic carbocycles. The van der Waals surface area contributed by atoms with Crippen molar-refractivity contribution in [1.29, 1.82) is 0 Å². The van der Waals surface area contributed by atoms with Crippen LogP contribution in [0.15, 0.2) is 12.7 Å². The number of carbonyl (C=O) groups excluding carboxylic acids is 1. The molecular formula is C15H24O4. The molecule has 4 heteroatoms. The van der Waals surface area contributed by atoms with Crippen molar-refractivity contribution in [2.24, 2.45) is 16.7 Å². The fourth-order valence-electron chi connectivity index (χ4n) is 3.90. The molecule has 19 heavy (non-hydrogen) atoms. The van der Waals surface area contributed by atoms with Gasteiger partial charge in [-0.1, -0.05) is 27.4 Å². The molecule has 0 aromatic heterocycles. The minimum Gasteiger partial charge on any atom is -0.433 e. The van der Waals surface area contributed by atoms with E-state index < -0.39 is 18.0 Å². The first-order chi connectivity index (χ1) is 8.66. The minimum atomic E-state index is -1.22. The molecule has 0 radical (unpaired) electrons. The second-order valence-electron chi connectivity index (χ2n) is 6.60. The summed E-state index contributed by atoms with van der Waals surface area (Å²) in [5, 5.41) is 10.9. The van der Waals surface area contributed by atoms with Gasteiger partial charge in [-0.3, -0.25) is 0 Å². The Balaban J connectivity index is 2.13. The van der Waals surface area contributed by atoms with Gasteiger partial charge in [-0.2, -0.15) is 0 Å². The number of rotatable bonds is 4. The second-order valence-corrected chi connectivity index (χ2v) is 6.60. The van der Waals surface area contributed by atoms with Gasteiger partial charge in [0, 0.05) is 17.9 Å². The number of ether oxygens (including phenoxy) is 2. The maximum Gasteiger partial charge on any atom is 0.332 e. The SMILES string of the molecule is C=CC(=O)OC(C)O[C@]1(O)C[C@H]2CC[C@]1(C)C2(C)C. The Morgan fingerprint density at radius 1 is 1.47 bits per heavy atom. The molecule has 2 aliphatic rings. The van der Waals surface area contributed by atoms with Crippen molar-refractivity contribution < 1.29 is 19.4 Å². The van der Waals surface area contributed by atoms with E-state index in [2.05, 4.69) is 27.4 Å². The lowest BCUT2D eigenvalue weighted by molar-refractivity contribution is -0.324. The van der Waals surface area contributed by atoms with E-state index in [1.54, 1.807) is 6.92 Å². The number of carbonyl (C=O) groups is 1. The van der Waals surface area contributed by atoms with Crippen LogP contribution in [0.3, 0.4) is 0 Å². The maximum atomic E-state index is 11.2. The van der Waals surface area contributed by atoms with Crippen LogP contribution in [0.5, 0.6) is 0 Å². The second kappa shape index (κ2) is 4.32. The van der Waals surface area contributed by atoms with Gasteiger partial charge in [-0.15, -0.1) is 0 Å². The lowest BCUT2D eigenvalue weighted by Gasteiger charge is -2.45. The molecule has 0 aromatic rings. The minimum absolute atomic E-state index is 0.0317. The van der Waals surface area contributed by atoms with Crippen molar-refractivity contribution in [2.75, 3.05) is 0 Å². The average Bonchev–Trinajstić information content (AvgIpc) is 2.60. The van der Waals surface area contributed by atoms with Crippen molar-refractivity contribution in [1.82, 2.24) is 0 Å². The highest BCUT2D eigenvalue weighted by molar-refractivity contribution is 5.81. The summed E-state index contributed by atoms with van der Waals surface area (Å²) in [6, 6.07) is 0. The number of esters is 1. The van der Waals surface area contributed by atoms with Crippen LogP contribution in [0.25, 0.3) is 0 Å². The number of hydrogen-bond donors (Lipinski definition) is 1. The molecule has 2 bridgehead atoms. The van der Waals surface area contributed by atoms with Crippen LogP contribution in [-0.2, 0) is 14.3 Å². The largest absolute Gasteiger partial charge is 0.433 e. The molecule has 0 aliphatic heterocycles. The van der Waals surface area contributed by atoms with E-state index in [0.29, 0.717) is 12.3 Å². The van der Waals surface area contributed by atoms with Crippen LogP contribution < -0.4 is 0 Å². The highest BCUT2D eigenvalue weighted by Gasteiger charge is 2.69. The Labute approximate surface area is 114 Å². The van der Waals surface area contributed by atoms with Gasteiger partial charge in [-0.05, 0) is 31.1 Å². The Morgan fingerprint density at radius 3 is 2.53 bits per heavy atom. The normalized spacial score (nSPS) is 41.0. The first-order valence-electron chi connectivity index (χ1n) is 6.89. The average molecular weight is 268 g/mol. The van der Waals surface area contributed by atoms with Gasteiger partial charge in [0.25, 0.3) is 0 Å². The summed E-state index contributed by atoms with van der Waals surface area (Å²) in [5.74, 6) is -1.31. The first kappa shape index (κ1) is 14.5. The third-order valence-corrected chi connectivity index (χ3v) is 5.63. The van der Waals surface area contributed by atoms with Crippen LogP contribution >= 0.6 is 0 Å². The highest BCUT2D eigenvalue weighted by atomic mass is 16.8. The van der Waals surface area contributed by atoms with Crippen molar-refractivity contribution in [3.63, 3.8) is 0 Å². The molecule has 2 saturated carbocycles. The lowest BCUT2D eigenvalue weighted by Crippen LogP contribution is -2.51. The quantitative estimate of drug-likeness (QED) is 0.484. The monoisotopic (exact) mass is 268 g/mol. The topological polar surface area (TPSA) is 55.8 Å². The number of aliphatic hydroxyl groups is 1. The van der Waals surface area contributed by atoms with Gasteiger partial charge in [0.1, 0.15) is 0 Å². The molecule has 0 spiro atoms. The molecule has 2 rings (SSSR count). The van der Waals surface area contributed by atoms with Crippen molar-refractivity contribution in [3.8, 4) is 0 Å². The molecule has 0 saturated heterocycles. The van der Waals surface area contributed by atoms with Gasteiger partial charge in [0.2, 0.25) is 6.29 Å². The first-order valence-corrected chi connectivity index (χ1v) is 6.89. The summed E-state index contributed by atoms with van der Waals surface area (Å²) < 4.78 is 10.7. The van der Waals surface area contributed by atoms with Crippen LogP contribution in [0.2, 0.25) is 0 Å². The number of hydrogen-bond acceptors (Lipinski definition) is 4. The summed E-state index contributed by atoms with van der Waals surface area (Å²) in [4.78, 5) is 11.2. The Kier molecular flexibility index (Phi) is 3.30. The van der Waals surface area contributed by atoms with Gasteiger partial charge >= 0.3 is 5.97 Å². The van der Waals surface area contributed by atoms with Crippen LogP contribution in [0.4, 0.5) is 0 Å².